The SMILES string of the molecule is O=C(O)C1(c2cc(Cl)cc(F)c2O)CCCC1. The van der Waals surface area contributed by atoms with E-state index in [-0.39, 0.29) is 10.6 Å². The number of carbonyl (C=O) groups is 1. The second-order valence-electron chi connectivity index (χ2n) is 4.38. The lowest BCUT2D eigenvalue weighted by atomic mass is 9.78. The van der Waals surface area contributed by atoms with Gasteiger partial charge in [-0.15, -0.1) is 0 Å². The Bertz CT molecular complexity index is 467. The molecule has 2 N–H and O–H groups in total. The monoisotopic (exact) mass is 258 g/mol. The van der Waals surface area contributed by atoms with Crippen molar-refractivity contribution in [1.82, 2.24) is 0 Å². The molecule has 0 bridgehead atoms. The predicted octanol–water partition coefficient (Wildman–Crippen LogP) is 3.08. The number of carboxylic acids is 1. The summed E-state index contributed by atoms with van der Waals surface area (Å²) in [6.07, 6.45) is 2.30. The highest BCUT2D eigenvalue weighted by Crippen LogP contribution is 2.46. The van der Waals surface area contributed by atoms with Crippen molar-refractivity contribution in [3.63, 3.8) is 0 Å². The maximum atomic E-state index is 13.4. The highest BCUT2D eigenvalue weighted by Gasteiger charge is 2.45. The van der Waals surface area contributed by atoms with Gasteiger partial charge in [-0.25, -0.2) is 4.39 Å². The van der Waals surface area contributed by atoms with Crippen molar-refractivity contribution in [2.75, 3.05) is 0 Å². The minimum absolute atomic E-state index is 0.0903. The minimum Gasteiger partial charge on any atom is -0.505 e. The van der Waals surface area contributed by atoms with Gasteiger partial charge in [-0.05, 0) is 25.0 Å². The molecule has 0 atom stereocenters. The predicted molar refractivity (Wildman–Crippen MR) is 60.9 cm³/mol. The van der Waals surface area contributed by atoms with E-state index in [0.29, 0.717) is 12.8 Å². The summed E-state index contributed by atoms with van der Waals surface area (Å²) >= 11 is 5.72. The first kappa shape index (κ1) is 12.2. The van der Waals surface area contributed by atoms with Crippen LogP contribution in [0, 0.1) is 5.82 Å². The van der Waals surface area contributed by atoms with Crippen molar-refractivity contribution >= 4 is 17.6 Å². The van der Waals surface area contributed by atoms with Crippen molar-refractivity contribution in [1.29, 1.82) is 0 Å². The Morgan fingerprint density at radius 3 is 2.47 bits per heavy atom. The first-order valence-electron chi connectivity index (χ1n) is 5.39. The van der Waals surface area contributed by atoms with Gasteiger partial charge >= 0.3 is 5.97 Å². The lowest BCUT2D eigenvalue weighted by Gasteiger charge is -2.25. The van der Waals surface area contributed by atoms with Gasteiger partial charge in [0.1, 0.15) is 0 Å². The molecule has 0 aliphatic heterocycles. The largest absolute Gasteiger partial charge is 0.505 e. The zero-order valence-corrected chi connectivity index (χ0v) is 9.80. The molecule has 0 spiro atoms. The van der Waals surface area contributed by atoms with E-state index < -0.39 is 23.0 Å². The zero-order valence-electron chi connectivity index (χ0n) is 9.04. The van der Waals surface area contributed by atoms with Gasteiger partial charge in [0.05, 0.1) is 5.41 Å². The van der Waals surface area contributed by atoms with Gasteiger partial charge in [-0.2, -0.15) is 0 Å². The molecular formula is C12H12ClFO3. The van der Waals surface area contributed by atoms with Crippen molar-refractivity contribution in [2.24, 2.45) is 0 Å². The van der Waals surface area contributed by atoms with Crippen LogP contribution in [0.1, 0.15) is 31.2 Å². The third kappa shape index (κ3) is 1.86. The fourth-order valence-corrected chi connectivity index (χ4v) is 2.71. The Morgan fingerprint density at radius 1 is 1.35 bits per heavy atom. The van der Waals surface area contributed by atoms with E-state index in [1.165, 1.54) is 6.07 Å². The second kappa shape index (κ2) is 4.18. The number of carboxylic acid groups (broad SMARTS) is 1. The molecule has 0 saturated heterocycles. The molecule has 0 amide bonds. The van der Waals surface area contributed by atoms with E-state index in [0.717, 1.165) is 18.9 Å². The Morgan fingerprint density at radius 2 is 1.94 bits per heavy atom. The molecule has 1 aliphatic rings. The fraction of sp³-hybridized carbons (Fsp3) is 0.417. The average Bonchev–Trinajstić information content (AvgIpc) is 2.73. The van der Waals surface area contributed by atoms with E-state index in [2.05, 4.69) is 0 Å². The topological polar surface area (TPSA) is 57.5 Å². The van der Waals surface area contributed by atoms with Crippen LogP contribution in [0.4, 0.5) is 4.39 Å². The average molecular weight is 259 g/mol. The number of aromatic hydroxyl groups is 1. The van der Waals surface area contributed by atoms with Crippen LogP contribution >= 0.6 is 11.6 Å². The molecule has 0 unspecified atom stereocenters. The van der Waals surface area contributed by atoms with Crippen molar-refractivity contribution in [3.05, 3.63) is 28.5 Å². The summed E-state index contributed by atoms with van der Waals surface area (Å²) in [5, 5.41) is 19.1. The molecule has 1 fully saturated rings. The molecule has 0 aromatic heterocycles. The van der Waals surface area contributed by atoms with E-state index in [9.17, 15) is 19.4 Å². The number of hydrogen-bond acceptors (Lipinski definition) is 2. The van der Waals surface area contributed by atoms with Crippen molar-refractivity contribution in [2.45, 2.75) is 31.1 Å². The van der Waals surface area contributed by atoms with E-state index >= 15 is 0 Å². The van der Waals surface area contributed by atoms with Gasteiger partial charge in [0, 0.05) is 10.6 Å². The summed E-state index contributed by atoms with van der Waals surface area (Å²) < 4.78 is 13.4. The normalized spacial score (nSPS) is 18.2. The van der Waals surface area contributed by atoms with Crippen LogP contribution in [0.2, 0.25) is 5.02 Å². The summed E-state index contributed by atoms with van der Waals surface area (Å²) in [6, 6.07) is 2.32. The fourth-order valence-electron chi connectivity index (χ4n) is 2.51. The third-order valence-electron chi connectivity index (χ3n) is 3.41. The Kier molecular flexibility index (Phi) is 3.00. The van der Waals surface area contributed by atoms with Gasteiger partial charge in [-0.1, -0.05) is 24.4 Å². The van der Waals surface area contributed by atoms with Gasteiger partial charge in [0.25, 0.3) is 0 Å². The molecule has 0 heterocycles. The number of hydrogen-bond donors (Lipinski definition) is 2. The van der Waals surface area contributed by atoms with Crippen LogP contribution in [0.5, 0.6) is 5.75 Å². The maximum absolute atomic E-state index is 13.4. The number of benzene rings is 1. The molecule has 0 radical (unpaired) electrons. The smallest absolute Gasteiger partial charge is 0.314 e. The molecular weight excluding hydrogens is 247 g/mol. The second-order valence-corrected chi connectivity index (χ2v) is 4.81. The molecule has 1 aromatic carbocycles. The van der Waals surface area contributed by atoms with E-state index in [4.69, 9.17) is 11.6 Å². The number of rotatable bonds is 2. The Balaban J connectivity index is 2.62. The van der Waals surface area contributed by atoms with Crippen molar-refractivity contribution < 1.29 is 19.4 Å². The summed E-state index contributed by atoms with van der Waals surface area (Å²) in [5.41, 5.74) is -1.11. The number of aliphatic carboxylic acids is 1. The van der Waals surface area contributed by atoms with Crippen LogP contribution < -0.4 is 0 Å². The van der Waals surface area contributed by atoms with Crippen molar-refractivity contribution in [3.8, 4) is 5.75 Å². The van der Waals surface area contributed by atoms with Crippen LogP contribution in [0.3, 0.4) is 0 Å². The molecule has 5 heteroatoms. The summed E-state index contributed by atoms with van der Waals surface area (Å²) in [6.45, 7) is 0. The standard InChI is InChI=1S/C12H12ClFO3/c13-7-5-8(10(15)9(14)6-7)12(11(16)17)3-1-2-4-12/h5-6,15H,1-4H2,(H,16,17). The van der Waals surface area contributed by atoms with Gasteiger partial charge in [0.2, 0.25) is 0 Å². The first-order valence-corrected chi connectivity index (χ1v) is 5.77. The molecule has 2 rings (SSSR count). The van der Waals surface area contributed by atoms with E-state index in [1.807, 2.05) is 0 Å². The van der Waals surface area contributed by atoms with Crippen LogP contribution in [0.25, 0.3) is 0 Å². The minimum atomic E-state index is -1.20. The summed E-state index contributed by atoms with van der Waals surface area (Å²) in [7, 11) is 0. The molecule has 92 valence electrons. The molecule has 1 aromatic rings. The van der Waals surface area contributed by atoms with Crippen LogP contribution in [0.15, 0.2) is 12.1 Å². The lowest BCUT2D eigenvalue weighted by molar-refractivity contribution is -0.143. The van der Waals surface area contributed by atoms with Gasteiger partial charge in [0.15, 0.2) is 11.6 Å². The number of phenols is 1. The Hall–Kier alpha value is -1.29. The lowest BCUT2D eigenvalue weighted by Crippen LogP contribution is -2.32. The molecule has 17 heavy (non-hydrogen) atoms. The molecule has 1 saturated carbocycles. The highest BCUT2D eigenvalue weighted by molar-refractivity contribution is 6.30. The van der Waals surface area contributed by atoms with E-state index in [1.54, 1.807) is 0 Å². The third-order valence-corrected chi connectivity index (χ3v) is 3.63. The molecule has 1 aliphatic carbocycles. The quantitative estimate of drug-likeness (QED) is 0.857. The van der Waals surface area contributed by atoms with Crippen LogP contribution in [-0.4, -0.2) is 16.2 Å². The Labute approximate surface area is 103 Å². The van der Waals surface area contributed by atoms with Gasteiger partial charge < -0.3 is 10.2 Å². The highest BCUT2D eigenvalue weighted by atomic mass is 35.5. The van der Waals surface area contributed by atoms with Gasteiger partial charge in [-0.3, -0.25) is 4.79 Å². The van der Waals surface area contributed by atoms with Crippen LogP contribution in [-0.2, 0) is 10.2 Å². The zero-order chi connectivity index (χ0) is 12.6. The first-order chi connectivity index (χ1) is 7.97. The number of halogens is 2. The summed E-state index contributed by atoms with van der Waals surface area (Å²) in [4.78, 5) is 11.4. The molecule has 3 nitrogen and oxygen atoms in total. The maximum Gasteiger partial charge on any atom is 0.314 e. The number of phenolic OH excluding ortho intramolecular Hbond substituents is 1. The summed E-state index contributed by atoms with van der Waals surface area (Å²) in [5.74, 6) is -2.51.